The summed E-state index contributed by atoms with van der Waals surface area (Å²) in [4.78, 5) is 72.8. The molecule has 0 rings (SSSR count). The average Bonchev–Trinajstić information content (AvgIpc) is 2.41. The highest BCUT2D eigenvalue weighted by Gasteiger charge is 2.30. The van der Waals surface area contributed by atoms with Crippen LogP contribution in [0.25, 0.3) is 0 Å². The number of aliphatic hydroxyl groups is 1. The van der Waals surface area contributed by atoms with E-state index in [1.165, 1.54) is 180 Å². The van der Waals surface area contributed by atoms with Crippen molar-refractivity contribution in [2.24, 2.45) is 23.7 Å². The topological polar surface area (TPSA) is 237 Å². The minimum atomic E-state index is -4.96. The summed E-state index contributed by atoms with van der Waals surface area (Å²) < 4.78 is 68.5. The Morgan fingerprint density at radius 1 is 0.295 bits per heavy atom. The van der Waals surface area contributed by atoms with Gasteiger partial charge >= 0.3 is 39.5 Å². The van der Waals surface area contributed by atoms with Gasteiger partial charge < -0.3 is 33.8 Å². The van der Waals surface area contributed by atoms with Gasteiger partial charge in [0.05, 0.1) is 26.4 Å². The van der Waals surface area contributed by atoms with Crippen LogP contribution in [-0.4, -0.2) is 96.7 Å². The molecule has 0 aromatic heterocycles. The van der Waals surface area contributed by atoms with Crippen molar-refractivity contribution in [1.82, 2.24) is 0 Å². The first-order chi connectivity index (χ1) is 45.7. The first-order valence-electron chi connectivity index (χ1n) is 39.3. The van der Waals surface area contributed by atoms with Gasteiger partial charge in [-0.15, -0.1) is 0 Å². The summed E-state index contributed by atoms with van der Waals surface area (Å²) in [5.41, 5.74) is 0. The Kier molecular flexibility index (Phi) is 64.0. The Balaban J connectivity index is 5.25. The number of hydrogen-bond donors (Lipinski definition) is 3. The molecule has 0 radical (unpaired) electrons. The molecule has 3 N–H and O–H groups in total. The molecule has 0 aliphatic carbocycles. The molecule has 0 bridgehead atoms. The Morgan fingerprint density at radius 3 is 0.747 bits per heavy atom. The average molecular weight is 1400 g/mol. The third kappa shape index (κ3) is 67.6. The zero-order valence-electron chi connectivity index (χ0n) is 62.3. The van der Waals surface area contributed by atoms with Gasteiger partial charge in [0, 0.05) is 25.7 Å². The van der Waals surface area contributed by atoms with E-state index < -0.39 is 97.5 Å². The Bertz CT molecular complexity index is 1870. The quantitative estimate of drug-likeness (QED) is 0.0222. The summed E-state index contributed by atoms with van der Waals surface area (Å²) >= 11 is 0. The fraction of sp³-hybridized carbons (Fsp3) is 0.947. The molecule has 19 heteroatoms. The second-order valence-electron chi connectivity index (χ2n) is 28.8. The lowest BCUT2D eigenvalue weighted by atomic mass is 9.99. The molecule has 0 aliphatic heterocycles. The lowest BCUT2D eigenvalue weighted by Crippen LogP contribution is -2.30. The summed E-state index contributed by atoms with van der Waals surface area (Å²) in [6, 6.07) is 0. The summed E-state index contributed by atoms with van der Waals surface area (Å²) in [5, 5.41) is 10.6. The van der Waals surface area contributed by atoms with E-state index in [9.17, 15) is 43.2 Å². The maximum Gasteiger partial charge on any atom is 0.472 e. The largest absolute Gasteiger partial charge is 0.472 e. The zero-order valence-corrected chi connectivity index (χ0v) is 64.1. The van der Waals surface area contributed by atoms with Crippen molar-refractivity contribution in [2.75, 3.05) is 39.6 Å². The summed E-state index contributed by atoms with van der Waals surface area (Å²) in [7, 11) is -9.91. The third-order valence-corrected chi connectivity index (χ3v) is 20.2. The van der Waals surface area contributed by atoms with E-state index in [2.05, 4.69) is 55.4 Å². The normalized spacial score (nSPS) is 14.7. The van der Waals surface area contributed by atoms with Gasteiger partial charge in [0.1, 0.15) is 19.3 Å². The van der Waals surface area contributed by atoms with E-state index in [0.29, 0.717) is 25.7 Å². The van der Waals surface area contributed by atoms with E-state index in [1.807, 2.05) is 0 Å². The molecule has 95 heavy (non-hydrogen) atoms. The molecular formula is C76H148O17P2. The number of phosphoric acid groups is 2. The lowest BCUT2D eigenvalue weighted by molar-refractivity contribution is -0.161. The van der Waals surface area contributed by atoms with Crippen LogP contribution in [0.5, 0.6) is 0 Å². The van der Waals surface area contributed by atoms with Gasteiger partial charge in [-0.3, -0.25) is 37.3 Å². The number of rotatable bonds is 73. The maximum absolute atomic E-state index is 13.1. The van der Waals surface area contributed by atoms with Crippen LogP contribution in [0.2, 0.25) is 0 Å². The molecule has 0 fully saturated rings. The van der Waals surface area contributed by atoms with Gasteiger partial charge in [-0.05, 0) is 49.4 Å². The van der Waals surface area contributed by atoms with Gasteiger partial charge in [-0.2, -0.15) is 0 Å². The van der Waals surface area contributed by atoms with Crippen LogP contribution in [0.1, 0.15) is 383 Å². The fourth-order valence-corrected chi connectivity index (χ4v) is 13.1. The number of carbonyl (C=O) groups excluding carboxylic acids is 4. The molecule has 0 spiro atoms. The molecule has 564 valence electrons. The second-order valence-corrected chi connectivity index (χ2v) is 31.7. The molecule has 0 amide bonds. The molecule has 0 aromatic carbocycles. The van der Waals surface area contributed by atoms with Crippen molar-refractivity contribution in [3.63, 3.8) is 0 Å². The number of unbranched alkanes of at least 4 members (excludes halogenated alkanes) is 37. The van der Waals surface area contributed by atoms with E-state index >= 15 is 0 Å². The predicted octanol–water partition coefficient (Wildman–Crippen LogP) is 22.0. The van der Waals surface area contributed by atoms with Crippen LogP contribution in [0, 0.1) is 23.7 Å². The van der Waals surface area contributed by atoms with E-state index in [-0.39, 0.29) is 25.7 Å². The Labute approximate surface area is 581 Å². The highest BCUT2D eigenvalue weighted by molar-refractivity contribution is 7.47. The van der Waals surface area contributed by atoms with Gasteiger partial charge in [-0.1, -0.05) is 331 Å². The maximum atomic E-state index is 13.1. The molecule has 0 aliphatic rings. The van der Waals surface area contributed by atoms with Crippen molar-refractivity contribution in [2.45, 2.75) is 401 Å². The zero-order chi connectivity index (χ0) is 70.3. The summed E-state index contributed by atoms with van der Waals surface area (Å²) in [5.74, 6) is 0.963. The Hall–Kier alpha value is -1.94. The third-order valence-electron chi connectivity index (χ3n) is 18.3. The fourth-order valence-electron chi connectivity index (χ4n) is 11.5. The second kappa shape index (κ2) is 65.4. The number of ether oxygens (including phenoxy) is 4. The van der Waals surface area contributed by atoms with E-state index in [0.717, 1.165) is 120 Å². The summed E-state index contributed by atoms with van der Waals surface area (Å²) in [6.07, 6.45) is 50.0. The first-order valence-corrected chi connectivity index (χ1v) is 42.3. The smallest absolute Gasteiger partial charge is 0.462 e. The van der Waals surface area contributed by atoms with Crippen LogP contribution >= 0.6 is 15.6 Å². The first kappa shape index (κ1) is 93.1. The van der Waals surface area contributed by atoms with Crippen molar-refractivity contribution >= 4 is 39.5 Å². The summed E-state index contributed by atoms with van der Waals surface area (Å²) in [6.45, 7) is 14.2. The Morgan fingerprint density at radius 2 is 0.505 bits per heavy atom. The number of hydrogen-bond acceptors (Lipinski definition) is 15. The highest BCUT2D eigenvalue weighted by atomic mass is 31.2. The van der Waals surface area contributed by atoms with Crippen molar-refractivity contribution < 1.29 is 80.2 Å². The molecule has 0 saturated carbocycles. The van der Waals surface area contributed by atoms with Crippen LogP contribution in [-0.2, 0) is 65.4 Å². The van der Waals surface area contributed by atoms with Crippen LogP contribution in [0.4, 0.5) is 0 Å². The molecule has 17 nitrogen and oxygen atoms in total. The number of carbonyl (C=O) groups is 4. The molecular weight excluding hydrogens is 1250 g/mol. The predicted molar refractivity (Wildman–Crippen MR) is 386 cm³/mol. The van der Waals surface area contributed by atoms with Gasteiger partial charge in [0.15, 0.2) is 12.2 Å². The van der Waals surface area contributed by atoms with E-state index in [1.54, 1.807) is 0 Å². The van der Waals surface area contributed by atoms with Gasteiger partial charge in [0.25, 0.3) is 0 Å². The van der Waals surface area contributed by atoms with Crippen molar-refractivity contribution in [3.05, 3.63) is 0 Å². The van der Waals surface area contributed by atoms with Crippen LogP contribution < -0.4 is 0 Å². The van der Waals surface area contributed by atoms with E-state index in [4.69, 9.17) is 37.0 Å². The lowest BCUT2D eigenvalue weighted by Gasteiger charge is -2.21. The molecule has 0 heterocycles. The standard InChI is InChI=1S/C76H148O17P2/c1-9-68(7)54-46-38-30-23-19-15-11-12-16-21-25-32-42-50-58-75(80)92-71(62-86-73(78)56-48-40-31-24-20-17-13-14-18-22-28-36-44-52-66(3)4)64-90-94(82,83)88-60-70(77)61-89-95(84,85)91-65-72(63-87-74(79)57-49-41-35-34-39-47-55-69(8)10-2)93-76(81)59-51-43-33-27-26-29-37-45-53-67(5)6/h66-72,77H,9-65H2,1-8H3,(H,82,83)(H,84,85)/t68?,69?,70-,71-,72-/m1/s1. The molecule has 4 unspecified atom stereocenters. The van der Waals surface area contributed by atoms with Gasteiger partial charge in [-0.25, -0.2) is 9.13 Å². The van der Waals surface area contributed by atoms with Crippen molar-refractivity contribution in [3.8, 4) is 0 Å². The van der Waals surface area contributed by atoms with Crippen LogP contribution in [0.15, 0.2) is 0 Å². The number of phosphoric ester groups is 2. The minimum Gasteiger partial charge on any atom is -0.462 e. The highest BCUT2D eigenvalue weighted by Crippen LogP contribution is 2.45. The van der Waals surface area contributed by atoms with Gasteiger partial charge in [0.2, 0.25) is 0 Å². The molecule has 0 aromatic rings. The minimum absolute atomic E-state index is 0.103. The van der Waals surface area contributed by atoms with Crippen molar-refractivity contribution in [1.29, 1.82) is 0 Å². The SMILES string of the molecule is CCC(C)CCCCCCCCCCCCCCCCC(=O)O[C@H](COC(=O)CCCCCCCCCCCCCCCC(C)C)COP(=O)(O)OC[C@@H](O)COP(=O)(O)OC[C@@H](COC(=O)CCCCCCCCC(C)CC)OC(=O)CCCCCCCCCCC(C)C. The number of aliphatic hydroxyl groups excluding tert-OH is 1. The molecule has 0 saturated heterocycles. The van der Waals surface area contributed by atoms with Crippen LogP contribution in [0.3, 0.4) is 0 Å². The monoisotopic (exact) mass is 1400 g/mol. The number of esters is 4. The molecule has 7 atom stereocenters.